The normalized spacial score (nSPS) is 23.5. The van der Waals surface area contributed by atoms with E-state index in [0.29, 0.717) is 24.6 Å². The Morgan fingerprint density at radius 1 is 1.58 bits per heavy atom. The van der Waals surface area contributed by atoms with E-state index in [-0.39, 0.29) is 17.0 Å². The first-order valence-corrected chi connectivity index (χ1v) is 6.88. The lowest BCUT2D eigenvalue weighted by molar-refractivity contribution is 0.0532. The number of likely N-dealkylation sites (tertiary alicyclic amines) is 1. The lowest BCUT2D eigenvalue weighted by Gasteiger charge is -2.39. The molecule has 0 aliphatic carbocycles. The molecule has 1 fully saturated rings. The first-order valence-electron chi connectivity index (χ1n) is 6.50. The molecule has 0 spiro atoms. The first kappa shape index (κ1) is 14.3. The Balaban J connectivity index is 2.27. The number of halogens is 2. The predicted octanol–water partition coefficient (Wildman–Crippen LogP) is 2.68. The minimum atomic E-state index is -0.441. The number of nitrogens with two attached hydrogens (primary N) is 1. The van der Waals surface area contributed by atoms with Crippen molar-refractivity contribution in [2.45, 2.75) is 25.8 Å². The van der Waals surface area contributed by atoms with Crippen LogP contribution in [0.1, 0.15) is 30.1 Å². The number of carbonyl (C=O) groups excluding carboxylic acids is 1. The van der Waals surface area contributed by atoms with Crippen LogP contribution in [0.4, 0.5) is 4.39 Å². The molecule has 2 atom stereocenters. The number of hydrogen-bond acceptors (Lipinski definition) is 2. The molecule has 19 heavy (non-hydrogen) atoms. The molecule has 1 heterocycles. The fraction of sp³-hybridized carbons (Fsp3) is 0.500. The third kappa shape index (κ3) is 2.90. The Morgan fingerprint density at radius 2 is 2.32 bits per heavy atom. The summed E-state index contributed by atoms with van der Waals surface area (Å²) in [6.07, 6.45) is 2.03. The van der Waals surface area contributed by atoms with Crippen molar-refractivity contribution in [2.24, 2.45) is 11.7 Å². The molecule has 0 bridgehead atoms. The largest absolute Gasteiger partial charge is 0.334 e. The van der Waals surface area contributed by atoms with E-state index in [0.717, 1.165) is 12.8 Å². The molecule has 1 aliphatic rings. The highest BCUT2D eigenvalue weighted by Gasteiger charge is 2.32. The molecule has 1 saturated heterocycles. The van der Waals surface area contributed by atoms with E-state index in [1.54, 1.807) is 4.90 Å². The number of nitrogens with zero attached hydrogens (tertiary/aromatic N) is 1. The lowest BCUT2D eigenvalue weighted by atomic mass is 9.90. The van der Waals surface area contributed by atoms with Crippen LogP contribution in [0.3, 0.4) is 0 Å². The van der Waals surface area contributed by atoms with Crippen LogP contribution in [0.15, 0.2) is 18.2 Å². The zero-order valence-electron chi connectivity index (χ0n) is 10.9. The molecule has 5 heteroatoms. The van der Waals surface area contributed by atoms with Crippen molar-refractivity contribution in [3.63, 3.8) is 0 Å². The van der Waals surface area contributed by atoms with Gasteiger partial charge in [0.2, 0.25) is 0 Å². The van der Waals surface area contributed by atoms with Crippen LogP contribution in [0.25, 0.3) is 0 Å². The van der Waals surface area contributed by atoms with E-state index in [4.69, 9.17) is 17.3 Å². The van der Waals surface area contributed by atoms with Crippen molar-refractivity contribution < 1.29 is 9.18 Å². The van der Waals surface area contributed by atoms with Gasteiger partial charge < -0.3 is 10.6 Å². The van der Waals surface area contributed by atoms with Gasteiger partial charge in [-0.3, -0.25) is 4.79 Å². The Hall–Kier alpha value is -1.13. The van der Waals surface area contributed by atoms with Crippen molar-refractivity contribution in [2.75, 3.05) is 13.1 Å². The average molecular weight is 285 g/mol. The summed E-state index contributed by atoms with van der Waals surface area (Å²) < 4.78 is 13.0. The van der Waals surface area contributed by atoms with Crippen LogP contribution in [0.5, 0.6) is 0 Å². The van der Waals surface area contributed by atoms with Gasteiger partial charge in [-0.15, -0.1) is 0 Å². The van der Waals surface area contributed by atoms with E-state index in [9.17, 15) is 9.18 Å². The molecule has 1 aromatic carbocycles. The Morgan fingerprint density at radius 3 is 2.95 bits per heavy atom. The van der Waals surface area contributed by atoms with Crippen LogP contribution in [-0.4, -0.2) is 29.9 Å². The molecular formula is C14H18ClFN2O. The SMILES string of the molecule is C[C@@H]1CCCN(C(=O)c2ccc(F)cc2Cl)[C@H]1CN. The van der Waals surface area contributed by atoms with Gasteiger partial charge in [0.15, 0.2) is 0 Å². The summed E-state index contributed by atoms with van der Waals surface area (Å²) >= 11 is 5.95. The van der Waals surface area contributed by atoms with E-state index in [1.807, 2.05) is 0 Å². The minimum Gasteiger partial charge on any atom is -0.334 e. The highest BCUT2D eigenvalue weighted by molar-refractivity contribution is 6.33. The molecule has 2 rings (SSSR count). The standard InChI is InChI=1S/C14H18ClFN2O/c1-9-3-2-6-18(13(9)8-17)14(19)11-5-4-10(16)7-12(11)15/h4-5,7,9,13H,2-3,6,8,17H2,1H3/t9-,13+/m1/s1. The summed E-state index contributed by atoms with van der Waals surface area (Å²) in [5, 5.41) is 0.152. The summed E-state index contributed by atoms with van der Waals surface area (Å²) in [4.78, 5) is 14.3. The molecular weight excluding hydrogens is 267 g/mol. The van der Waals surface area contributed by atoms with Gasteiger partial charge in [0.1, 0.15) is 5.82 Å². The van der Waals surface area contributed by atoms with Crippen molar-refractivity contribution in [1.29, 1.82) is 0 Å². The van der Waals surface area contributed by atoms with Gasteiger partial charge in [-0.05, 0) is 37.0 Å². The second kappa shape index (κ2) is 5.88. The quantitative estimate of drug-likeness (QED) is 0.907. The minimum absolute atomic E-state index is 0.0300. The van der Waals surface area contributed by atoms with E-state index < -0.39 is 5.82 Å². The number of amides is 1. The second-order valence-electron chi connectivity index (χ2n) is 5.05. The summed E-state index contributed by atoms with van der Waals surface area (Å²) in [5.74, 6) is -0.224. The highest BCUT2D eigenvalue weighted by Crippen LogP contribution is 2.26. The summed E-state index contributed by atoms with van der Waals surface area (Å²) in [6, 6.07) is 3.89. The number of hydrogen-bond donors (Lipinski definition) is 1. The zero-order chi connectivity index (χ0) is 14.0. The molecule has 3 nitrogen and oxygen atoms in total. The first-order chi connectivity index (χ1) is 9.04. The number of rotatable bonds is 2. The van der Waals surface area contributed by atoms with Crippen molar-refractivity contribution in [3.05, 3.63) is 34.6 Å². The van der Waals surface area contributed by atoms with E-state index >= 15 is 0 Å². The smallest absolute Gasteiger partial charge is 0.255 e. The van der Waals surface area contributed by atoms with Gasteiger partial charge in [0.05, 0.1) is 10.6 Å². The van der Waals surface area contributed by atoms with Crippen molar-refractivity contribution in [3.8, 4) is 0 Å². The Labute approximate surface area is 117 Å². The molecule has 104 valence electrons. The van der Waals surface area contributed by atoms with E-state index in [2.05, 4.69) is 6.92 Å². The predicted molar refractivity (Wildman–Crippen MR) is 73.7 cm³/mol. The fourth-order valence-corrected chi connectivity index (χ4v) is 2.93. The van der Waals surface area contributed by atoms with Gasteiger partial charge in [0.25, 0.3) is 5.91 Å². The summed E-state index contributed by atoms with van der Waals surface area (Å²) in [6.45, 7) is 3.22. The second-order valence-corrected chi connectivity index (χ2v) is 5.45. The van der Waals surface area contributed by atoms with Gasteiger partial charge in [0, 0.05) is 19.1 Å². The monoisotopic (exact) mass is 284 g/mol. The number of piperidine rings is 1. The fourth-order valence-electron chi connectivity index (χ4n) is 2.68. The molecule has 0 aromatic heterocycles. The number of benzene rings is 1. The molecule has 1 aliphatic heterocycles. The third-order valence-electron chi connectivity index (χ3n) is 3.78. The third-order valence-corrected chi connectivity index (χ3v) is 4.09. The van der Waals surface area contributed by atoms with Gasteiger partial charge in [-0.2, -0.15) is 0 Å². The van der Waals surface area contributed by atoms with Crippen LogP contribution in [0, 0.1) is 11.7 Å². The molecule has 0 saturated carbocycles. The molecule has 2 N–H and O–H groups in total. The molecule has 1 amide bonds. The van der Waals surface area contributed by atoms with Crippen molar-refractivity contribution in [1.82, 2.24) is 4.90 Å². The lowest BCUT2D eigenvalue weighted by Crippen LogP contribution is -2.51. The average Bonchev–Trinajstić information content (AvgIpc) is 2.37. The topological polar surface area (TPSA) is 46.3 Å². The van der Waals surface area contributed by atoms with Crippen molar-refractivity contribution >= 4 is 17.5 Å². The maximum absolute atomic E-state index is 13.0. The van der Waals surface area contributed by atoms with Crippen LogP contribution >= 0.6 is 11.6 Å². The molecule has 0 radical (unpaired) electrons. The summed E-state index contributed by atoms with van der Waals surface area (Å²) in [7, 11) is 0. The Kier molecular flexibility index (Phi) is 4.42. The van der Waals surface area contributed by atoms with Crippen LogP contribution in [-0.2, 0) is 0 Å². The maximum Gasteiger partial charge on any atom is 0.255 e. The van der Waals surface area contributed by atoms with Crippen LogP contribution in [0.2, 0.25) is 5.02 Å². The highest BCUT2D eigenvalue weighted by atomic mass is 35.5. The van der Waals surface area contributed by atoms with Crippen LogP contribution < -0.4 is 5.73 Å². The van der Waals surface area contributed by atoms with Gasteiger partial charge in [-0.25, -0.2) is 4.39 Å². The zero-order valence-corrected chi connectivity index (χ0v) is 11.7. The van der Waals surface area contributed by atoms with E-state index in [1.165, 1.54) is 18.2 Å². The maximum atomic E-state index is 13.0. The molecule has 0 unspecified atom stereocenters. The summed E-state index contributed by atoms with van der Waals surface area (Å²) in [5.41, 5.74) is 6.12. The Bertz CT molecular complexity index is 481. The van der Waals surface area contributed by atoms with Gasteiger partial charge >= 0.3 is 0 Å². The molecule has 1 aromatic rings. The van der Waals surface area contributed by atoms with Gasteiger partial charge in [-0.1, -0.05) is 18.5 Å². The number of carbonyl (C=O) groups is 1.